The molecule has 1 aromatic carbocycles. The molecule has 0 bridgehead atoms. The van der Waals surface area contributed by atoms with Gasteiger partial charge in [0.2, 0.25) is 0 Å². The number of aromatic nitrogens is 2. The number of hydrogen-bond acceptors (Lipinski definition) is 3. The molecule has 92 valence electrons. The average Bonchev–Trinajstić information content (AvgIpc) is 2.58. The van der Waals surface area contributed by atoms with Crippen LogP contribution in [0.25, 0.3) is 10.8 Å². The van der Waals surface area contributed by atoms with Crippen LogP contribution in [0.15, 0.2) is 33.9 Å². The van der Waals surface area contributed by atoms with E-state index in [2.05, 4.69) is 0 Å². The molecule has 0 aliphatic carbocycles. The summed E-state index contributed by atoms with van der Waals surface area (Å²) in [6, 6.07) is 6.74. The zero-order chi connectivity index (χ0) is 12.7. The van der Waals surface area contributed by atoms with Crippen LogP contribution in [0.1, 0.15) is 12.8 Å². The molecule has 1 aliphatic rings. The Balaban J connectivity index is 2.45. The van der Waals surface area contributed by atoms with Gasteiger partial charge in [-0.3, -0.25) is 14.4 Å². The summed E-state index contributed by atoms with van der Waals surface area (Å²) in [7, 11) is 0. The third-order valence-corrected chi connectivity index (χ3v) is 3.30. The largest absolute Gasteiger partial charge is 0.298 e. The van der Waals surface area contributed by atoms with Crippen molar-refractivity contribution in [2.24, 2.45) is 0 Å². The van der Waals surface area contributed by atoms with Gasteiger partial charge in [-0.1, -0.05) is 12.1 Å². The fourth-order valence-corrected chi connectivity index (χ4v) is 2.40. The minimum atomic E-state index is -0.263. The summed E-state index contributed by atoms with van der Waals surface area (Å²) in [6.07, 6.45) is 1.03. The Kier molecular flexibility index (Phi) is 2.40. The maximum atomic E-state index is 12.3. The van der Waals surface area contributed by atoms with Gasteiger partial charge < -0.3 is 0 Å². The Morgan fingerprint density at radius 2 is 1.50 bits per heavy atom. The summed E-state index contributed by atoms with van der Waals surface area (Å²) in [6.45, 7) is 0.420. The van der Waals surface area contributed by atoms with E-state index >= 15 is 0 Å². The van der Waals surface area contributed by atoms with Gasteiger partial charge in [-0.05, 0) is 18.6 Å². The van der Waals surface area contributed by atoms with E-state index in [1.807, 2.05) is 0 Å². The molecule has 3 rings (SSSR count). The molecule has 1 aliphatic heterocycles. The van der Waals surface area contributed by atoms with Gasteiger partial charge in [0.05, 0.1) is 10.8 Å². The molecule has 0 fully saturated rings. The number of Topliss-reactive ketones (excluding diaryl/α,β-unsaturated/α-hetero) is 1. The van der Waals surface area contributed by atoms with E-state index < -0.39 is 0 Å². The van der Waals surface area contributed by atoms with Crippen molar-refractivity contribution in [3.8, 4) is 0 Å². The van der Waals surface area contributed by atoms with Crippen LogP contribution in [0.2, 0.25) is 0 Å². The number of fused-ring (bicyclic) bond motifs is 2. The fraction of sp³-hybridized carbons (Fsp3) is 0.308. The van der Waals surface area contributed by atoms with E-state index in [1.54, 1.807) is 24.3 Å². The molecular weight excluding hydrogens is 232 g/mol. The zero-order valence-electron chi connectivity index (χ0n) is 9.76. The first kappa shape index (κ1) is 11.0. The normalized spacial score (nSPS) is 15.4. The van der Waals surface area contributed by atoms with Gasteiger partial charge in [0, 0.05) is 13.0 Å². The van der Waals surface area contributed by atoms with Gasteiger partial charge in [0.15, 0.2) is 5.78 Å². The van der Waals surface area contributed by atoms with Crippen LogP contribution in [-0.2, 0) is 17.9 Å². The minimum Gasteiger partial charge on any atom is -0.298 e. The molecule has 2 heterocycles. The standard InChI is InChI=1S/C13H12N2O3/c16-9-4-3-7-14-12(17)10-5-1-2-6-11(10)13(18)15(14)8-9/h1-2,5-6H,3-4,7-8H2. The fourth-order valence-electron chi connectivity index (χ4n) is 2.40. The van der Waals surface area contributed by atoms with Crippen LogP contribution < -0.4 is 11.1 Å². The molecule has 0 spiro atoms. The Morgan fingerprint density at radius 1 is 0.889 bits per heavy atom. The Labute approximate surface area is 102 Å². The van der Waals surface area contributed by atoms with Crippen molar-refractivity contribution in [3.63, 3.8) is 0 Å². The summed E-state index contributed by atoms with van der Waals surface area (Å²) in [5.74, 6) is -0.00182. The first-order valence-electron chi connectivity index (χ1n) is 5.93. The van der Waals surface area contributed by atoms with Crippen molar-refractivity contribution in [2.75, 3.05) is 0 Å². The van der Waals surface area contributed by atoms with E-state index in [9.17, 15) is 14.4 Å². The SMILES string of the molecule is O=C1CCCn2c(=O)c3ccccc3c(=O)n2C1. The molecule has 18 heavy (non-hydrogen) atoms. The van der Waals surface area contributed by atoms with Crippen LogP contribution in [0.5, 0.6) is 0 Å². The first-order valence-corrected chi connectivity index (χ1v) is 5.93. The van der Waals surface area contributed by atoms with E-state index in [1.165, 1.54) is 9.36 Å². The summed E-state index contributed by atoms with van der Waals surface area (Å²) in [5, 5.41) is 0.807. The molecule has 2 aromatic rings. The molecule has 5 heteroatoms. The molecule has 1 aromatic heterocycles. The quantitative estimate of drug-likeness (QED) is 0.679. The lowest BCUT2D eigenvalue weighted by Crippen LogP contribution is -2.38. The van der Waals surface area contributed by atoms with E-state index in [4.69, 9.17) is 0 Å². The third kappa shape index (κ3) is 1.51. The Bertz CT molecular complexity index is 755. The molecule has 5 nitrogen and oxygen atoms in total. The van der Waals surface area contributed by atoms with Gasteiger partial charge in [-0.2, -0.15) is 0 Å². The molecular formula is C13H12N2O3. The van der Waals surface area contributed by atoms with Crippen molar-refractivity contribution in [1.82, 2.24) is 9.36 Å². The Morgan fingerprint density at radius 3 is 2.17 bits per heavy atom. The van der Waals surface area contributed by atoms with Crippen molar-refractivity contribution < 1.29 is 4.79 Å². The maximum absolute atomic E-state index is 12.3. The van der Waals surface area contributed by atoms with Gasteiger partial charge in [-0.25, -0.2) is 9.36 Å². The average molecular weight is 244 g/mol. The molecule has 0 amide bonds. The summed E-state index contributed by atoms with van der Waals surface area (Å²) in [4.78, 5) is 36.1. The van der Waals surface area contributed by atoms with Crippen molar-refractivity contribution in [3.05, 3.63) is 45.0 Å². The topological polar surface area (TPSA) is 61.1 Å². The second kappa shape index (κ2) is 3.94. The summed E-state index contributed by atoms with van der Waals surface area (Å²) >= 11 is 0. The van der Waals surface area contributed by atoms with Crippen LogP contribution >= 0.6 is 0 Å². The molecule has 0 atom stereocenters. The second-order valence-electron chi connectivity index (χ2n) is 4.48. The lowest BCUT2D eigenvalue weighted by molar-refractivity contribution is -0.119. The van der Waals surface area contributed by atoms with Gasteiger partial charge in [-0.15, -0.1) is 0 Å². The predicted octanol–water partition coefficient (Wildman–Crippen LogP) is 0.526. The van der Waals surface area contributed by atoms with E-state index in [0.29, 0.717) is 30.2 Å². The number of benzene rings is 1. The minimum absolute atomic E-state index is 0.00108. The summed E-state index contributed by atoms with van der Waals surface area (Å²) in [5.41, 5.74) is -0.458. The highest BCUT2D eigenvalue weighted by atomic mass is 16.2. The smallest absolute Gasteiger partial charge is 0.273 e. The predicted molar refractivity (Wildman–Crippen MR) is 66.7 cm³/mol. The van der Waals surface area contributed by atoms with Crippen LogP contribution in [-0.4, -0.2) is 15.1 Å². The van der Waals surface area contributed by atoms with Crippen molar-refractivity contribution in [1.29, 1.82) is 0 Å². The van der Waals surface area contributed by atoms with Crippen LogP contribution in [0.4, 0.5) is 0 Å². The number of nitrogens with zero attached hydrogens (tertiary/aromatic N) is 2. The molecule has 0 N–H and O–H groups in total. The highest BCUT2D eigenvalue weighted by Crippen LogP contribution is 2.07. The molecule has 0 unspecified atom stereocenters. The third-order valence-electron chi connectivity index (χ3n) is 3.30. The number of carbonyl (C=O) groups excluding carboxylic acids is 1. The maximum Gasteiger partial charge on any atom is 0.273 e. The number of hydrogen-bond donors (Lipinski definition) is 0. The first-order chi connectivity index (χ1) is 8.68. The van der Waals surface area contributed by atoms with Crippen molar-refractivity contribution in [2.45, 2.75) is 25.9 Å². The van der Waals surface area contributed by atoms with Crippen LogP contribution in [0, 0.1) is 0 Å². The monoisotopic (exact) mass is 244 g/mol. The second-order valence-corrected chi connectivity index (χ2v) is 4.48. The molecule has 0 saturated carbocycles. The molecule has 0 saturated heterocycles. The van der Waals surface area contributed by atoms with Gasteiger partial charge >= 0.3 is 0 Å². The summed E-state index contributed by atoms with van der Waals surface area (Å²) < 4.78 is 2.68. The lowest BCUT2D eigenvalue weighted by Gasteiger charge is -2.12. The number of ketones is 1. The zero-order valence-corrected chi connectivity index (χ0v) is 9.76. The number of rotatable bonds is 0. The number of carbonyl (C=O) groups is 1. The van der Waals surface area contributed by atoms with E-state index in [0.717, 1.165) is 0 Å². The highest BCUT2D eigenvalue weighted by molar-refractivity contribution is 5.82. The lowest BCUT2D eigenvalue weighted by atomic mass is 10.2. The van der Waals surface area contributed by atoms with E-state index in [-0.39, 0.29) is 23.4 Å². The highest BCUT2D eigenvalue weighted by Gasteiger charge is 2.17. The molecule has 0 radical (unpaired) electrons. The van der Waals surface area contributed by atoms with Gasteiger partial charge in [0.25, 0.3) is 11.1 Å². The van der Waals surface area contributed by atoms with Gasteiger partial charge in [0.1, 0.15) is 6.54 Å². The Hall–Kier alpha value is -2.17. The van der Waals surface area contributed by atoms with Crippen LogP contribution in [0.3, 0.4) is 0 Å². The van der Waals surface area contributed by atoms with Crippen molar-refractivity contribution >= 4 is 16.6 Å².